The van der Waals surface area contributed by atoms with Crippen LogP contribution >= 0.6 is 0 Å². The Morgan fingerprint density at radius 1 is 0.900 bits per heavy atom. The molecular formula is C24H25N3O2S. The molecule has 0 amide bonds. The van der Waals surface area contributed by atoms with Gasteiger partial charge < -0.3 is 10.3 Å². The molecule has 4 rings (SSSR count). The van der Waals surface area contributed by atoms with E-state index in [1.54, 1.807) is 19.2 Å². The van der Waals surface area contributed by atoms with Crippen molar-refractivity contribution in [2.75, 3.05) is 12.4 Å². The van der Waals surface area contributed by atoms with Crippen LogP contribution in [0.2, 0.25) is 0 Å². The highest BCUT2D eigenvalue weighted by Crippen LogP contribution is 2.21. The van der Waals surface area contributed by atoms with Crippen LogP contribution in [0.5, 0.6) is 0 Å². The number of sulfonamides is 1. The fourth-order valence-electron chi connectivity index (χ4n) is 3.48. The molecule has 0 saturated carbocycles. The average molecular weight is 420 g/mol. The fourth-order valence-corrected chi connectivity index (χ4v) is 4.64. The molecule has 0 radical (unpaired) electrons. The van der Waals surface area contributed by atoms with Crippen molar-refractivity contribution >= 4 is 26.6 Å². The van der Waals surface area contributed by atoms with E-state index < -0.39 is 10.0 Å². The van der Waals surface area contributed by atoms with Gasteiger partial charge in [-0.3, -0.25) is 0 Å². The van der Waals surface area contributed by atoms with Crippen LogP contribution in [0.15, 0.2) is 83.8 Å². The summed E-state index contributed by atoms with van der Waals surface area (Å²) in [5.74, 6) is 0. The third-order valence-electron chi connectivity index (χ3n) is 5.13. The monoisotopic (exact) mass is 419 g/mol. The SMILES string of the molecule is Cc1cc2cc(NCc3ccc(S(=O)(=O)N(C)Cc4ccccc4)cc3)ccc2[nH]1. The predicted octanol–water partition coefficient (Wildman–Crippen LogP) is 4.91. The zero-order chi connectivity index (χ0) is 21.1. The zero-order valence-electron chi connectivity index (χ0n) is 17.1. The minimum absolute atomic E-state index is 0.300. The molecule has 154 valence electrons. The molecule has 3 aromatic carbocycles. The maximum absolute atomic E-state index is 12.9. The van der Waals surface area contributed by atoms with Gasteiger partial charge in [-0.15, -0.1) is 0 Å². The Balaban J connectivity index is 1.42. The van der Waals surface area contributed by atoms with Crippen molar-refractivity contribution in [1.82, 2.24) is 9.29 Å². The average Bonchev–Trinajstić information content (AvgIpc) is 3.12. The molecular weight excluding hydrogens is 394 g/mol. The number of aryl methyl sites for hydroxylation is 1. The number of hydrogen-bond acceptors (Lipinski definition) is 3. The van der Waals surface area contributed by atoms with Crippen LogP contribution in [0, 0.1) is 6.92 Å². The van der Waals surface area contributed by atoms with Gasteiger partial charge in [-0.2, -0.15) is 4.31 Å². The summed E-state index contributed by atoms with van der Waals surface area (Å²) in [5.41, 5.74) is 5.26. The van der Waals surface area contributed by atoms with Gasteiger partial charge in [0.2, 0.25) is 10.0 Å². The van der Waals surface area contributed by atoms with E-state index in [1.165, 1.54) is 9.69 Å². The number of benzene rings is 3. The molecule has 0 aliphatic heterocycles. The second-order valence-electron chi connectivity index (χ2n) is 7.50. The van der Waals surface area contributed by atoms with Gasteiger partial charge in [-0.1, -0.05) is 42.5 Å². The van der Waals surface area contributed by atoms with Crippen molar-refractivity contribution in [2.45, 2.75) is 24.9 Å². The van der Waals surface area contributed by atoms with Crippen LogP contribution in [0.1, 0.15) is 16.8 Å². The van der Waals surface area contributed by atoms with Gasteiger partial charge in [0.1, 0.15) is 0 Å². The van der Waals surface area contributed by atoms with Crippen LogP contribution in [-0.2, 0) is 23.1 Å². The Bertz CT molecular complexity index is 1250. The summed E-state index contributed by atoms with van der Waals surface area (Å²) < 4.78 is 27.1. The molecule has 1 heterocycles. The van der Waals surface area contributed by atoms with Crippen molar-refractivity contribution < 1.29 is 8.42 Å². The van der Waals surface area contributed by atoms with Crippen molar-refractivity contribution in [3.05, 3.63) is 95.7 Å². The van der Waals surface area contributed by atoms with Gasteiger partial charge >= 0.3 is 0 Å². The molecule has 2 N–H and O–H groups in total. The number of anilines is 1. The van der Waals surface area contributed by atoms with E-state index in [1.807, 2.05) is 55.5 Å². The highest BCUT2D eigenvalue weighted by molar-refractivity contribution is 7.89. The summed E-state index contributed by atoms with van der Waals surface area (Å²) in [5, 5.41) is 4.57. The molecule has 0 unspecified atom stereocenters. The Hall–Kier alpha value is -3.09. The smallest absolute Gasteiger partial charge is 0.243 e. The summed E-state index contributed by atoms with van der Waals surface area (Å²) in [6, 6.07) is 25.0. The highest BCUT2D eigenvalue weighted by atomic mass is 32.2. The van der Waals surface area contributed by atoms with E-state index in [9.17, 15) is 8.42 Å². The van der Waals surface area contributed by atoms with Gasteiger partial charge in [0, 0.05) is 42.4 Å². The van der Waals surface area contributed by atoms with Gasteiger partial charge in [0.05, 0.1) is 4.90 Å². The number of fused-ring (bicyclic) bond motifs is 1. The Labute approximate surface area is 177 Å². The number of nitrogens with one attached hydrogen (secondary N) is 2. The number of nitrogens with zero attached hydrogens (tertiary/aromatic N) is 1. The van der Waals surface area contributed by atoms with E-state index >= 15 is 0 Å². The second-order valence-corrected chi connectivity index (χ2v) is 9.54. The molecule has 1 aromatic heterocycles. The summed E-state index contributed by atoms with van der Waals surface area (Å²) in [6.07, 6.45) is 0. The standard InChI is InChI=1S/C24H25N3O2S/c1-18-14-21-15-22(10-13-24(21)26-18)25-16-19-8-11-23(12-9-19)30(28,29)27(2)17-20-6-4-3-5-7-20/h3-15,25-26H,16-17H2,1-2H3. The number of aromatic nitrogens is 1. The minimum Gasteiger partial charge on any atom is -0.381 e. The maximum Gasteiger partial charge on any atom is 0.243 e. The van der Waals surface area contributed by atoms with Gasteiger partial charge in [-0.05, 0) is 54.4 Å². The van der Waals surface area contributed by atoms with Crippen LogP contribution in [0.4, 0.5) is 5.69 Å². The molecule has 0 saturated heterocycles. The highest BCUT2D eigenvalue weighted by Gasteiger charge is 2.20. The van der Waals surface area contributed by atoms with Gasteiger partial charge in [-0.25, -0.2) is 8.42 Å². The van der Waals surface area contributed by atoms with Crippen LogP contribution in [0.25, 0.3) is 10.9 Å². The van der Waals surface area contributed by atoms with Crippen molar-refractivity contribution in [2.24, 2.45) is 0 Å². The van der Waals surface area contributed by atoms with Gasteiger partial charge in [0.25, 0.3) is 0 Å². The van der Waals surface area contributed by atoms with Crippen LogP contribution < -0.4 is 5.32 Å². The molecule has 0 spiro atoms. The number of hydrogen-bond donors (Lipinski definition) is 2. The summed E-state index contributed by atoms with van der Waals surface area (Å²) >= 11 is 0. The van der Waals surface area contributed by atoms with E-state index in [2.05, 4.69) is 28.5 Å². The predicted molar refractivity (Wildman–Crippen MR) is 122 cm³/mol. The topological polar surface area (TPSA) is 65.2 Å². The maximum atomic E-state index is 12.9. The molecule has 0 bridgehead atoms. The molecule has 4 aromatic rings. The summed E-state index contributed by atoms with van der Waals surface area (Å²) in [6.45, 7) is 3.00. The largest absolute Gasteiger partial charge is 0.381 e. The molecule has 0 aliphatic rings. The normalized spacial score (nSPS) is 11.8. The van der Waals surface area contributed by atoms with Crippen LogP contribution in [-0.4, -0.2) is 24.8 Å². The van der Waals surface area contributed by atoms with Crippen molar-refractivity contribution in [3.8, 4) is 0 Å². The van der Waals surface area contributed by atoms with Crippen molar-refractivity contribution in [3.63, 3.8) is 0 Å². The Morgan fingerprint density at radius 3 is 2.37 bits per heavy atom. The number of rotatable bonds is 7. The first-order valence-corrected chi connectivity index (χ1v) is 11.3. The van der Waals surface area contributed by atoms with E-state index in [0.29, 0.717) is 18.0 Å². The lowest BCUT2D eigenvalue weighted by Crippen LogP contribution is -2.26. The Morgan fingerprint density at radius 2 is 1.63 bits per heavy atom. The van der Waals surface area contributed by atoms with E-state index in [4.69, 9.17) is 0 Å². The zero-order valence-corrected chi connectivity index (χ0v) is 17.9. The minimum atomic E-state index is -3.53. The lowest BCUT2D eigenvalue weighted by atomic mass is 10.2. The molecule has 5 nitrogen and oxygen atoms in total. The fraction of sp³-hybridized carbons (Fsp3) is 0.167. The first-order chi connectivity index (χ1) is 14.4. The van der Waals surface area contributed by atoms with Crippen molar-refractivity contribution in [1.29, 1.82) is 0 Å². The third kappa shape index (κ3) is 4.40. The van der Waals surface area contributed by atoms with Gasteiger partial charge in [0.15, 0.2) is 0 Å². The lowest BCUT2D eigenvalue weighted by molar-refractivity contribution is 0.466. The molecule has 30 heavy (non-hydrogen) atoms. The molecule has 0 fully saturated rings. The Kier molecular flexibility index (Phi) is 5.61. The summed E-state index contributed by atoms with van der Waals surface area (Å²) in [7, 11) is -1.93. The number of H-pyrrole nitrogens is 1. The number of aromatic amines is 1. The van der Waals surface area contributed by atoms with E-state index in [-0.39, 0.29) is 0 Å². The third-order valence-corrected chi connectivity index (χ3v) is 6.95. The first kappa shape index (κ1) is 20.2. The van der Waals surface area contributed by atoms with Crippen LogP contribution in [0.3, 0.4) is 0 Å². The molecule has 0 atom stereocenters. The lowest BCUT2D eigenvalue weighted by Gasteiger charge is -2.17. The van der Waals surface area contributed by atoms with E-state index in [0.717, 1.165) is 28.0 Å². The molecule has 6 heteroatoms. The second kappa shape index (κ2) is 8.34. The quantitative estimate of drug-likeness (QED) is 0.447. The molecule has 0 aliphatic carbocycles. The summed E-state index contributed by atoms with van der Waals surface area (Å²) in [4.78, 5) is 3.62. The first-order valence-electron chi connectivity index (χ1n) is 9.84.